The molecular weight excluding hydrogens is 162 g/mol. The second-order valence-electron chi connectivity index (χ2n) is 3.80. The number of hydrogen-bond donors (Lipinski definition) is 0. The van der Waals surface area contributed by atoms with Crippen molar-refractivity contribution < 1.29 is 0 Å². The van der Waals surface area contributed by atoms with Crippen LogP contribution >= 0.6 is 0 Å². The third-order valence-electron chi connectivity index (χ3n) is 2.77. The summed E-state index contributed by atoms with van der Waals surface area (Å²) in [6.45, 7) is 6.26. The average Bonchev–Trinajstić information content (AvgIpc) is 2.16. The van der Waals surface area contributed by atoms with Crippen molar-refractivity contribution in [2.24, 2.45) is 5.18 Å². The van der Waals surface area contributed by atoms with Gasteiger partial charge in [-0.15, -0.1) is 0 Å². The van der Waals surface area contributed by atoms with Crippen LogP contribution in [0.1, 0.15) is 40.0 Å². The minimum atomic E-state index is -0.0619. The predicted octanol–water partition coefficient (Wildman–Crippen LogP) is 3.59. The van der Waals surface area contributed by atoms with Crippen LogP contribution in [-0.2, 0) is 0 Å². The summed E-state index contributed by atoms with van der Waals surface area (Å²) in [4.78, 5) is 10.5. The fourth-order valence-corrected chi connectivity index (χ4v) is 1.79. The molecule has 13 heavy (non-hydrogen) atoms. The lowest BCUT2D eigenvalue weighted by Gasteiger charge is -2.23. The molecule has 0 heterocycles. The fourth-order valence-electron chi connectivity index (χ4n) is 1.79. The number of nitrogens with zero attached hydrogens (tertiary/aromatic N) is 1. The standard InChI is InChI=1S/C11H17NO/c1-4-9-7-10(8(2)3)5-6-11(9)12-13/h4,11H,5-7H2,1-3H3/b9-4+. The van der Waals surface area contributed by atoms with Crippen molar-refractivity contribution in [3.8, 4) is 0 Å². The van der Waals surface area contributed by atoms with Crippen molar-refractivity contribution in [2.45, 2.75) is 46.1 Å². The zero-order valence-corrected chi connectivity index (χ0v) is 8.63. The van der Waals surface area contributed by atoms with E-state index in [-0.39, 0.29) is 6.04 Å². The topological polar surface area (TPSA) is 29.4 Å². The van der Waals surface area contributed by atoms with Gasteiger partial charge in [0.2, 0.25) is 0 Å². The third kappa shape index (κ3) is 2.27. The molecule has 2 heteroatoms. The molecule has 1 atom stereocenters. The largest absolute Gasteiger partial charge is 0.150 e. The van der Waals surface area contributed by atoms with Crippen molar-refractivity contribution in [1.29, 1.82) is 0 Å². The summed E-state index contributed by atoms with van der Waals surface area (Å²) in [7, 11) is 0. The van der Waals surface area contributed by atoms with Crippen molar-refractivity contribution in [3.05, 3.63) is 27.7 Å². The maximum Gasteiger partial charge on any atom is 0.113 e. The van der Waals surface area contributed by atoms with Crippen LogP contribution in [-0.4, -0.2) is 6.04 Å². The summed E-state index contributed by atoms with van der Waals surface area (Å²) in [6.07, 6.45) is 4.92. The van der Waals surface area contributed by atoms with Gasteiger partial charge in [-0.1, -0.05) is 22.4 Å². The molecule has 0 saturated heterocycles. The Labute approximate surface area is 79.7 Å². The number of nitroso groups, excluding NO2 is 1. The minimum absolute atomic E-state index is 0.0619. The Bertz CT molecular complexity index is 259. The molecule has 1 fully saturated rings. The normalized spacial score (nSPS) is 26.2. The molecule has 0 aromatic rings. The van der Waals surface area contributed by atoms with E-state index < -0.39 is 0 Å². The predicted molar refractivity (Wildman–Crippen MR) is 55.6 cm³/mol. The highest BCUT2D eigenvalue weighted by molar-refractivity contribution is 5.27. The van der Waals surface area contributed by atoms with Gasteiger partial charge in [0, 0.05) is 0 Å². The first-order valence-corrected chi connectivity index (χ1v) is 4.81. The van der Waals surface area contributed by atoms with E-state index in [1.807, 2.05) is 13.0 Å². The summed E-state index contributed by atoms with van der Waals surface area (Å²) in [5, 5.41) is 3.15. The van der Waals surface area contributed by atoms with Crippen molar-refractivity contribution >= 4 is 0 Å². The first kappa shape index (κ1) is 10.2. The van der Waals surface area contributed by atoms with E-state index in [1.165, 1.54) is 16.7 Å². The molecule has 0 aromatic heterocycles. The summed E-state index contributed by atoms with van der Waals surface area (Å²) >= 11 is 0. The molecule has 0 N–H and O–H groups in total. The van der Waals surface area contributed by atoms with Crippen LogP contribution in [0, 0.1) is 4.91 Å². The van der Waals surface area contributed by atoms with E-state index in [0.717, 1.165) is 19.3 Å². The summed E-state index contributed by atoms with van der Waals surface area (Å²) in [6, 6.07) is -0.0619. The van der Waals surface area contributed by atoms with E-state index >= 15 is 0 Å². The molecule has 2 nitrogen and oxygen atoms in total. The second-order valence-corrected chi connectivity index (χ2v) is 3.80. The molecule has 72 valence electrons. The van der Waals surface area contributed by atoms with Crippen LogP contribution in [0.2, 0.25) is 0 Å². The van der Waals surface area contributed by atoms with Crippen LogP contribution in [0.25, 0.3) is 0 Å². The lowest BCUT2D eigenvalue weighted by Crippen LogP contribution is -2.15. The first-order chi connectivity index (χ1) is 6.19. The number of rotatable bonds is 1. The molecule has 0 radical (unpaired) electrons. The first-order valence-electron chi connectivity index (χ1n) is 4.81. The molecular formula is C11H17NO. The van der Waals surface area contributed by atoms with Gasteiger partial charge in [0.05, 0.1) is 0 Å². The van der Waals surface area contributed by atoms with Gasteiger partial charge in [-0.2, -0.15) is 4.91 Å². The molecule has 1 aliphatic rings. The molecule has 1 saturated carbocycles. The molecule has 0 spiro atoms. The van der Waals surface area contributed by atoms with Crippen molar-refractivity contribution in [1.82, 2.24) is 0 Å². The van der Waals surface area contributed by atoms with Gasteiger partial charge >= 0.3 is 0 Å². The second kappa shape index (κ2) is 4.35. The number of allylic oxidation sites excluding steroid dienone is 3. The molecule has 1 rings (SSSR count). The fraction of sp³-hybridized carbons (Fsp3) is 0.636. The quantitative estimate of drug-likeness (QED) is 0.447. The molecule has 0 aliphatic heterocycles. The van der Waals surface area contributed by atoms with Crippen LogP contribution in [0.3, 0.4) is 0 Å². The van der Waals surface area contributed by atoms with Crippen LogP contribution in [0.5, 0.6) is 0 Å². The van der Waals surface area contributed by atoms with Gasteiger partial charge in [-0.05, 0) is 45.6 Å². The highest BCUT2D eigenvalue weighted by atomic mass is 16.3. The summed E-state index contributed by atoms with van der Waals surface area (Å²) in [5.74, 6) is 0. The highest BCUT2D eigenvalue weighted by Crippen LogP contribution is 2.31. The van der Waals surface area contributed by atoms with Crippen molar-refractivity contribution in [2.75, 3.05) is 0 Å². The summed E-state index contributed by atoms with van der Waals surface area (Å²) < 4.78 is 0. The van der Waals surface area contributed by atoms with Gasteiger partial charge < -0.3 is 0 Å². The molecule has 0 bridgehead atoms. The van der Waals surface area contributed by atoms with E-state index in [9.17, 15) is 4.91 Å². The van der Waals surface area contributed by atoms with Gasteiger partial charge in [0.1, 0.15) is 6.04 Å². The zero-order chi connectivity index (χ0) is 9.84. The van der Waals surface area contributed by atoms with Crippen molar-refractivity contribution in [3.63, 3.8) is 0 Å². The maximum atomic E-state index is 10.5. The zero-order valence-electron chi connectivity index (χ0n) is 8.63. The number of hydrogen-bond acceptors (Lipinski definition) is 2. The van der Waals surface area contributed by atoms with E-state index in [0.29, 0.717) is 0 Å². The van der Waals surface area contributed by atoms with E-state index in [4.69, 9.17) is 0 Å². The highest BCUT2D eigenvalue weighted by Gasteiger charge is 2.21. The van der Waals surface area contributed by atoms with Gasteiger partial charge in [0.25, 0.3) is 0 Å². The molecule has 0 aromatic carbocycles. The smallest absolute Gasteiger partial charge is 0.113 e. The Balaban J connectivity index is 2.81. The third-order valence-corrected chi connectivity index (χ3v) is 2.77. The van der Waals surface area contributed by atoms with Gasteiger partial charge in [-0.3, -0.25) is 0 Å². The monoisotopic (exact) mass is 179 g/mol. The average molecular weight is 179 g/mol. The van der Waals surface area contributed by atoms with Gasteiger partial charge in [0.15, 0.2) is 0 Å². The summed E-state index contributed by atoms with van der Waals surface area (Å²) in [5.41, 5.74) is 4.06. The Morgan fingerprint density at radius 2 is 2.23 bits per heavy atom. The van der Waals surface area contributed by atoms with E-state index in [1.54, 1.807) is 0 Å². The molecule has 1 unspecified atom stereocenters. The Morgan fingerprint density at radius 1 is 1.54 bits per heavy atom. The lowest BCUT2D eigenvalue weighted by atomic mass is 9.84. The molecule has 1 aliphatic carbocycles. The van der Waals surface area contributed by atoms with E-state index in [2.05, 4.69) is 19.0 Å². The van der Waals surface area contributed by atoms with Gasteiger partial charge in [-0.25, -0.2) is 0 Å². The maximum absolute atomic E-state index is 10.5. The molecule has 0 amide bonds. The Kier molecular flexibility index (Phi) is 3.40. The van der Waals surface area contributed by atoms with Crippen LogP contribution in [0.4, 0.5) is 0 Å². The Hall–Kier alpha value is -0.920. The lowest BCUT2D eigenvalue weighted by molar-refractivity contribution is 0.610. The van der Waals surface area contributed by atoms with Crippen LogP contribution in [0.15, 0.2) is 28.0 Å². The Morgan fingerprint density at radius 3 is 2.69 bits per heavy atom. The SMILES string of the molecule is C/C=C1\CC(=C(C)C)CCC1N=O. The minimum Gasteiger partial charge on any atom is -0.150 e. The van der Waals surface area contributed by atoms with Crippen LogP contribution < -0.4 is 0 Å².